The Hall–Kier alpha value is -0.510. The Morgan fingerprint density at radius 1 is 1.36 bits per heavy atom. The van der Waals surface area contributed by atoms with Crippen molar-refractivity contribution in [3.05, 3.63) is 21.9 Å². The molecule has 1 saturated carbocycles. The second kappa shape index (κ2) is 3.57. The summed E-state index contributed by atoms with van der Waals surface area (Å²) < 4.78 is 13.8. The zero-order valence-electron chi connectivity index (χ0n) is 8.22. The van der Waals surface area contributed by atoms with E-state index in [9.17, 15) is 4.39 Å². The summed E-state index contributed by atoms with van der Waals surface area (Å²) in [5.41, 5.74) is 0.777. The van der Waals surface area contributed by atoms with Crippen LogP contribution in [0.2, 0.25) is 0 Å². The first kappa shape index (κ1) is 10.0. The average Bonchev–Trinajstić information content (AvgIpc) is 2.91. The van der Waals surface area contributed by atoms with Crippen molar-refractivity contribution in [1.29, 1.82) is 0 Å². The van der Waals surface area contributed by atoms with Crippen molar-refractivity contribution >= 4 is 15.9 Å². The van der Waals surface area contributed by atoms with Gasteiger partial charge in [-0.3, -0.25) is 0 Å². The fourth-order valence-corrected chi connectivity index (χ4v) is 1.99. The fraction of sp³-hybridized carbons (Fsp3) is 0.600. The van der Waals surface area contributed by atoms with Crippen molar-refractivity contribution in [2.75, 3.05) is 0 Å². The van der Waals surface area contributed by atoms with E-state index in [4.69, 9.17) is 0 Å². The Bertz CT molecular complexity index is 361. The Kier molecular flexibility index (Phi) is 2.56. The zero-order valence-corrected chi connectivity index (χ0v) is 9.81. The van der Waals surface area contributed by atoms with Crippen LogP contribution in [0.15, 0.2) is 4.47 Å². The zero-order chi connectivity index (χ0) is 10.3. The summed E-state index contributed by atoms with van der Waals surface area (Å²) in [5, 5.41) is 0. The van der Waals surface area contributed by atoms with Crippen molar-refractivity contribution in [2.45, 2.75) is 38.5 Å². The van der Waals surface area contributed by atoms with Gasteiger partial charge in [0.2, 0.25) is 5.95 Å². The van der Waals surface area contributed by atoms with Gasteiger partial charge >= 0.3 is 0 Å². The van der Waals surface area contributed by atoms with E-state index >= 15 is 0 Å². The number of nitrogens with zero attached hydrogens (tertiary/aromatic N) is 2. The summed E-state index contributed by atoms with van der Waals surface area (Å²) in [6, 6.07) is 0. The molecule has 1 aromatic rings. The lowest BCUT2D eigenvalue weighted by atomic mass is 10.1. The smallest absolute Gasteiger partial charge is 0.230 e. The number of hydrogen-bond donors (Lipinski definition) is 0. The molecule has 4 heteroatoms. The Labute approximate surface area is 91.1 Å². The molecule has 2 rings (SSSR count). The normalized spacial score (nSPS) is 16.4. The molecule has 0 saturated heterocycles. The van der Waals surface area contributed by atoms with Crippen LogP contribution in [-0.4, -0.2) is 9.97 Å². The van der Waals surface area contributed by atoms with Gasteiger partial charge < -0.3 is 0 Å². The molecule has 0 N–H and O–H groups in total. The minimum Gasteiger partial charge on any atom is -0.236 e. The van der Waals surface area contributed by atoms with Crippen LogP contribution in [0.25, 0.3) is 0 Å². The largest absolute Gasteiger partial charge is 0.236 e. The molecule has 0 spiro atoms. The van der Waals surface area contributed by atoms with Gasteiger partial charge in [-0.05, 0) is 34.7 Å². The molecule has 1 aliphatic rings. The summed E-state index contributed by atoms with van der Waals surface area (Å²) in [6.45, 7) is 4.01. The minimum atomic E-state index is -0.425. The summed E-state index contributed by atoms with van der Waals surface area (Å²) >= 11 is 3.18. The molecule has 1 heterocycles. The first-order valence-corrected chi connectivity index (χ1v) is 5.61. The van der Waals surface area contributed by atoms with E-state index in [1.165, 1.54) is 0 Å². The molecule has 76 valence electrons. The van der Waals surface area contributed by atoms with E-state index in [2.05, 4.69) is 25.9 Å². The van der Waals surface area contributed by atoms with Crippen LogP contribution in [0.5, 0.6) is 0 Å². The molecule has 0 aliphatic heterocycles. The van der Waals surface area contributed by atoms with Crippen LogP contribution in [0.4, 0.5) is 4.39 Å². The highest BCUT2D eigenvalue weighted by molar-refractivity contribution is 9.10. The molecule has 1 fully saturated rings. The van der Waals surface area contributed by atoms with E-state index in [0.717, 1.165) is 18.5 Å². The van der Waals surface area contributed by atoms with Crippen molar-refractivity contribution in [2.24, 2.45) is 0 Å². The Morgan fingerprint density at radius 3 is 2.50 bits per heavy atom. The average molecular weight is 259 g/mol. The monoisotopic (exact) mass is 258 g/mol. The number of rotatable bonds is 2. The number of halogens is 2. The Balaban J connectivity index is 2.46. The highest BCUT2D eigenvalue weighted by atomic mass is 79.9. The van der Waals surface area contributed by atoms with Gasteiger partial charge in [-0.15, -0.1) is 0 Å². The first-order valence-electron chi connectivity index (χ1n) is 4.82. The molecule has 0 amide bonds. The molecular formula is C10H12BrFN2. The van der Waals surface area contributed by atoms with Gasteiger partial charge in [-0.2, -0.15) is 4.39 Å². The molecule has 0 atom stereocenters. The van der Waals surface area contributed by atoms with Gasteiger partial charge in [-0.25, -0.2) is 9.97 Å². The first-order chi connectivity index (χ1) is 6.59. The second-order valence-corrected chi connectivity index (χ2v) is 4.79. The van der Waals surface area contributed by atoms with Crippen molar-refractivity contribution in [1.82, 2.24) is 9.97 Å². The molecule has 0 bridgehead atoms. The summed E-state index contributed by atoms with van der Waals surface area (Å²) in [6.07, 6.45) is 2.19. The summed E-state index contributed by atoms with van der Waals surface area (Å²) in [7, 11) is 0. The molecule has 0 radical (unpaired) electrons. The maximum Gasteiger partial charge on any atom is 0.230 e. The third-order valence-corrected chi connectivity index (χ3v) is 3.08. The highest BCUT2D eigenvalue weighted by Crippen LogP contribution is 2.39. The summed E-state index contributed by atoms with van der Waals surface area (Å²) in [5.74, 6) is 0.870. The quantitative estimate of drug-likeness (QED) is 0.761. The summed E-state index contributed by atoms with van der Waals surface area (Å²) in [4.78, 5) is 8.25. The van der Waals surface area contributed by atoms with Gasteiger partial charge in [0, 0.05) is 5.92 Å². The van der Waals surface area contributed by atoms with Gasteiger partial charge in [0.05, 0.1) is 10.2 Å². The van der Waals surface area contributed by atoms with E-state index in [1.807, 2.05) is 13.8 Å². The third-order valence-electron chi connectivity index (χ3n) is 2.34. The SMILES string of the molecule is CC(C)c1nc(C2CC2)nc(F)c1Br. The lowest BCUT2D eigenvalue weighted by Gasteiger charge is -2.09. The van der Waals surface area contributed by atoms with Crippen LogP contribution >= 0.6 is 15.9 Å². The van der Waals surface area contributed by atoms with E-state index < -0.39 is 5.95 Å². The maximum atomic E-state index is 13.4. The van der Waals surface area contributed by atoms with Crippen molar-refractivity contribution in [3.8, 4) is 0 Å². The van der Waals surface area contributed by atoms with Crippen LogP contribution in [0, 0.1) is 5.95 Å². The number of hydrogen-bond acceptors (Lipinski definition) is 2. The van der Waals surface area contributed by atoms with Gasteiger partial charge in [0.15, 0.2) is 0 Å². The standard InChI is InChI=1S/C10H12BrFN2/c1-5(2)8-7(11)9(12)14-10(13-8)6-3-4-6/h5-6H,3-4H2,1-2H3. The van der Waals surface area contributed by atoms with E-state index in [-0.39, 0.29) is 5.92 Å². The lowest BCUT2D eigenvalue weighted by molar-refractivity contribution is 0.552. The maximum absolute atomic E-state index is 13.4. The number of aromatic nitrogens is 2. The molecular weight excluding hydrogens is 247 g/mol. The molecule has 2 nitrogen and oxygen atoms in total. The topological polar surface area (TPSA) is 25.8 Å². The molecule has 0 unspecified atom stereocenters. The fourth-order valence-electron chi connectivity index (χ4n) is 1.36. The predicted octanol–water partition coefficient (Wildman–Crippen LogP) is 3.38. The molecule has 0 aromatic carbocycles. The van der Waals surface area contributed by atoms with Gasteiger partial charge in [0.25, 0.3) is 0 Å². The Morgan fingerprint density at radius 2 is 2.00 bits per heavy atom. The van der Waals surface area contributed by atoms with E-state index in [1.54, 1.807) is 0 Å². The van der Waals surface area contributed by atoms with Crippen LogP contribution in [0.1, 0.15) is 50.0 Å². The minimum absolute atomic E-state index is 0.222. The van der Waals surface area contributed by atoms with Gasteiger partial charge in [0.1, 0.15) is 5.82 Å². The van der Waals surface area contributed by atoms with Crippen LogP contribution < -0.4 is 0 Å². The molecule has 14 heavy (non-hydrogen) atoms. The van der Waals surface area contributed by atoms with Crippen LogP contribution in [0.3, 0.4) is 0 Å². The van der Waals surface area contributed by atoms with Crippen molar-refractivity contribution < 1.29 is 4.39 Å². The highest BCUT2D eigenvalue weighted by Gasteiger charge is 2.28. The van der Waals surface area contributed by atoms with Crippen molar-refractivity contribution in [3.63, 3.8) is 0 Å². The van der Waals surface area contributed by atoms with Crippen LogP contribution in [-0.2, 0) is 0 Å². The lowest BCUT2D eigenvalue weighted by Crippen LogP contribution is -2.04. The molecule has 1 aliphatic carbocycles. The third kappa shape index (κ3) is 1.80. The predicted molar refractivity (Wildman–Crippen MR) is 55.8 cm³/mol. The van der Waals surface area contributed by atoms with E-state index in [0.29, 0.717) is 16.2 Å². The second-order valence-electron chi connectivity index (χ2n) is 4.00. The van der Waals surface area contributed by atoms with Gasteiger partial charge in [-0.1, -0.05) is 13.8 Å². The molecule has 1 aromatic heterocycles.